The number of benzene rings is 1. The third kappa shape index (κ3) is 4.60. The van der Waals surface area contributed by atoms with Gasteiger partial charge in [-0.25, -0.2) is 12.8 Å². The Labute approximate surface area is 174 Å². The highest BCUT2D eigenvalue weighted by Gasteiger charge is 2.29. The summed E-state index contributed by atoms with van der Waals surface area (Å²) < 4.78 is 47.5. The van der Waals surface area contributed by atoms with Crippen LogP contribution in [0.4, 0.5) is 4.39 Å². The van der Waals surface area contributed by atoms with Crippen LogP contribution < -0.4 is 5.32 Å². The average molecular weight is 434 g/mol. The van der Waals surface area contributed by atoms with E-state index in [-0.39, 0.29) is 24.5 Å². The standard InChI is InChI=1S/C20H23FN4O4S/c1-14-20(30(27,28)24(3)12-17-8-6-10-29-17)15(2)25(23-14)13-19(26)22-11-16-7-4-5-9-18(16)21/h4-10H,11-13H2,1-3H3,(H,22,26). The molecule has 0 aliphatic carbocycles. The van der Waals surface area contributed by atoms with Crippen LogP contribution >= 0.6 is 0 Å². The summed E-state index contributed by atoms with van der Waals surface area (Å²) >= 11 is 0. The van der Waals surface area contributed by atoms with E-state index in [4.69, 9.17) is 4.42 Å². The highest BCUT2D eigenvalue weighted by Crippen LogP contribution is 2.24. The Bertz CT molecular complexity index is 1140. The van der Waals surface area contributed by atoms with Crippen molar-refractivity contribution >= 4 is 15.9 Å². The minimum absolute atomic E-state index is 0.0296. The average Bonchev–Trinajstić information content (AvgIpc) is 3.29. The number of carbonyl (C=O) groups is 1. The fourth-order valence-electron chi connectivity index (χ4n) is 3.10. The minimum Gasteiger partial charge on any atom is -0.468 e. The predicted octanol–water partition coefficient (Wildman–Crippen LogP) is 2.37. The zero-order chi connectivity index (χ0) is 21.9. The van der Waals surface area contributed by atoms with Crippen LogP contribution in [0.15, 0.2) is 52.0 Å². The number of aryl methyl sites for hydroxylation is 1. The Hall–Kier alpha value is -2.98. The Morgan fingerprint density at radius 3 is 2.63 bits per heavy atom. The molecule has 1 amide bonds. The highest BCUT2D eigenvalue weighted by molar-refractivity contribution is 7.89. The van der Waals surface area contributed by atoms with Crippen LogP contribution in [0.25, 0.3) is 0 Å². The van der Waals surface area contributed by atoms with E-state index >= 15 is 0 Å². The number of sulfonamides is 1. The molecule has 10 heteroatoms. The molecule has 0 bridgehead atoms. The lowest BCUT2D eigenvalue weighted by molar-refractivity contribution is -0.122. The lowest BCUT2D eigenvalue weighted by atomic mass is 10.2. The van der Waals surface area contributed by atoms with Crippen LogP contribution in [0.5, 0.6) is 0 Å². The van der Waals surface area contributed by atoms with Crippen molar-refractivity contribution in [3.63, 3.8) is 0 Å². The number of aromatic nitrogens is 2. The molecule has 160 valence electrons. The largest absolute Gasteiger partial charge is 0.468 e. The maximum atomic E-state index is 13.7. The summed E-state index contributed by atoms with van der Waals surface area (Å²) in [6.45, 7) is 3.09. The molecule has 0 aliphatic rings. The fourth-order valence-corrected chi connectivity index (χ4v) is 4.60. The monoisotopic (exact) mass is 434 g/mol. The number of amides is 1. The highest BCUT2D eigenvalue weighted by atomic mass is 32.2. The van der Waals surface area contributed by atoms with Gasteiger partial charge >= 0.3 is 0 Å². The number of carbonyl (C=O) groups excluding carboxylic acids is 1. The Morgan fingerprint density at radius 1 is 1.23 bits per heavy atom. The third-order valence-corrected chi connectivity index (χ3v) is 6.73. The molecule has 2 heterocycles. The van der Waals surface area contributed by atoms with Gasteiger partial charge < -0.3 is 9.73 Å². The van der Waals surface area contributed by atoms with Gasteiger partial charge in [0, 0.05) is 19.2 Å². The van der Waals surface area contributed by atoms with E-state index in [1.807, 2.05) is 0 Å². The van der Waals surface area contributed by atoms with Crippen LogP contribution in [-0.2, 0) is 34.5 Å². The molecule has 0 spiro atoms. The first-order valence-corrected chi connectivity index (χ1v) is 10.7. The van der Waals surface area contributed by atoms with Gasteiger partial charge in [0.15, 0.2) is 0 Å². The zero-order valence-electron chi connectivity index (χ0n) is 16.9. The van der Waals surface area contributed by atoms with Crippen molar-refractivity contribution in [1.29, 1.82) is 0 Å². The topological polar surface area (TPSA) is 97.4 Å². The Morgan fingerprint density at radius 2 is 1.97 bits per heavy atom. The van der Waals surface area contributed by atoms with E-state index in [1.54, 1.807) is 44.2 Å². The van der Waals surface area contributed by atoms with Crippen molar-refractivity contribution in [3.05, 3.63) is 71.2 Å². The summed E-state index contributed by atoms with van der Waals surface area (Å²) in [4.78, 5) is 12.4. The maximum Gasteiger partial charge on any atom is 0.246 e. The van der Waals surface area contributed by atoms with Gasteiger partial charge in [-0.1, -0.05) is 18.2 Å². The summed E-state index contributed by atoms with van der Waals surface area (Å²) in [5.74, 6) is -0.301. The predicted molar refractivity (Wildman–Crippen MR) is 107 cm³/mol. The van der Waals surface area contributed by atoms with Gasteiger partial charge in [0.05, 0.1) is 24.2 Å². The Balaban J connectivity index is 1.73. The molecule has 0 fully saturated rings. The van der Waals surface area contributed by atoms with Gasteiger partial charge in [-0.05, 0) is 32.0 Å². The summed E-state index contributed by atoms with van der Waals surface area (Å²) in [6.07, 6.45) is 1.48. The molecule has 0 aliphatic heterocycles. The lowest BCUT2D eigenvalue weighted by Crippen LogP contribution is -2.29. The molecular weight excluding hydrogens is 411 g/mol. The summed E-state index contributed by atoms with van der Waals surface area (Å²) in [5.41, 5.74) is 1.00. The van der Waals surface area contributed by atoms with Gasteiger partial charge in [-0.3, -0.25) is 9.48 Å². The van der Waals surface area contributed by atoms with E-state index in [9.17, 15) is 17.6 Å². The van der Waals surface area contributed by atoms with Crippen molar-refractivity contribution < 1.29 is 22.0 Å². The second-order valence-corrected chi connectivity index (χ2v) is 8.85. The molecule has 3 aromatic rings. The number of rotatable bonds is 8. The summed E-state index contributed by atoms with van der Waals surface area (Å²) in [5, 5.41) is 6.84. The first-order valence-electron chi connectivity index (χ1n) is 9.23. The van der Waals surface area contributed by atoms with Crippen LogP contribution in [-0.4, -0.2) is 35.5 Å². The van der Waals surface area contributed by atoms with Crippen LogP contribution in [0, 0.1) is 19.7 Å². The molecule has 3 rings (SSSR count). The van der Waals surface area contributed by atoms with Gasteiger partial charge in [0.2, 0.25) is 15.9 Å². The number of nitrogens with zero attached hydrogens (tertiary/aromatic N) is 3. The van der Waals surface area contributed by atoms with Crippen molar-refractivity contribution in [2.75, 3.05) is 7.05 Å². The molecule has 1 aromatic carbocycles. The molecule has 0 saturated carbocycles. The van der Waals surface area contributed by atoms with Crippen molar-refractivity contribution in [3.8, 4) is 0 Å². The van der Waals surface area contributed by atoms with E-state index in [0.717, 1.165) is 0 Å². The number of furan rings is 1. The summed E-state index contributed by atoms with van der Waals surface area (Å²) in [7, 11) is -2.39. The van der Waals surface area contributed by atoms with Gasteiger partial charge in [-0.2, -0.15) is 9.40 Å². The van der Waals surface area contributed by atoms with Crippen molar-refractivity contribution in [1.82, 2.24) is 19.4 Å². The molecule has 0 atom stereocenters. The molecule has 8 nitrogen and oxygen atoms in total. The SMILES string of the molecule is Cc1nn(CC(=O)NCc2ccccc2F)c(C)c1S(=O)(=O)N(C)Cc1ccco1. The fraction of sp³-hybridized carbons (Fsp3) is 0.300. The number of hydrogen-bond donors (Lipinski definition) is 1. The maximum absolute atomic E-state index is 13.7. The van der Waals surface area contributed by atoms with Crippen LogP contribution in [0.2, 0.25) is 0 Å². The van der Waals surface area contributed by atoms with Gasteiger partial charge in [0.25, 0.3) is 0 Å². The first-order chi connectivity index (χ1) is 14.2. The molecular formula is C20H23FN4O4S. The molecule has 1 N–H and O–H groups in total. The van der Waals surface area contributed by atoms with E-state index in [1.165, 1.54) is 28.4 Å². The smallest absolute Gasteiger partial charge is 0.246 e. The van der Waals surface area contributed by atoms with Crippen molar-refractivity contribution in [2.24, 2.45) is 0 Å². The molecule has 2 aromatic heterocycles. The Kier molecular flexibility index (Phi) is 6.37. The second kappa shape index (κ2) is 8.80. The van der Waals surface area contributed by atoms with Crippen LogP contribution in [0.3, 0.4) is 0 Å². The zero-order valence-corrected chi connectivity index (χ0v) is 17.7. The van der Waals surface area contributed by atoms with E-state index in [2.05, 4.69) is 10.4 Å². The van der Waals surface area contributed by atoms with Gasteiger partial charge in [0.1, 0.15) is 23.0 Å². The normalized spacial score (nSPS) is 11.8. The second-order valence-electron chi connectivity index (χ2n) is 6.87. The number of hydrogen-bond acceptors (Lipinski definition) is 5. The van der Waals surface area contributed by atoms with Crippen molar-refractivity contribution in [2.45, 2.75) is 38.4 Å². The summed E-state index contributed by atoms with van der Waals surface area (Å²) in [6, 6.07) is 9.53. The van der Waals surface area contributed by atoms with E-state index in [0.29, 0.717) is 22.7 Å². The number of halogens is 1. The van der Waals surface area contributed by atoms with Gasteiger partial charge in [-0.15, -0.1) is 0 Å². The molecule has 30 heavy (non-hydrogen) atoms. The quantitative estimate of drug-likeness (QED) is 0.587. The van der Waals surface area contributed by atoms with E-state index < -0.39 is 21.7 Å². The van der Waals surface area contributed by atoms with Crippen LogP contribution in [0.1, 0.15) is 22.7 Å². The first kappa shape index (κ1) is 21.7. The molecule has 0 radical (unpaired) electrons. The molecule has 0 unspecified atom stereocenters. The lowest BCUT2D eigenvalue weighted by Gasteiger charge is -2.16. The molecule has 0 saturated heterocycles. The third-order valence-electron chi connectivity index (χ3n) is 4.67. The minimum atomic E-state index is -3.84. The number of nitrogens with one attached hydrogen (secondary N) is 1.